The van der Waals surface area contributed by atoms with E-state index in [0.717, 1.165) is 18.8 Å². The summed E-state index contributed by atoms with van der Waals surface area (Å²) in [6.07, 6.45) is 1.24. The highest BCUT2D eigenvalue weighted by molar-refractivity contribution is 6.15. The molecular weight excluding hydrogens is 368 g/mol. The third kappa shape index (κ3) is 4.14. The van der Waals surface area contributed by atoms with Gasteiger partial charge in [-0.3, -0.25) is 0 Å². The number of cyclic esters (lactones) is 2. The molecule has 0 unspecified atom stereocenters. The van der Waals surface area contributed by atoms with Gasteiger partial charge in [0.25, 0.3) is 5.79 Å². The van der Waals surface area contributed by atoms with Gasteiger partial charge in [-0.1, -0.05) is 0 Å². The van der Waals surface area contributed by atoms with Gasteiger partial charge in [0, 0.05) is 45.3 Å². The molecule has 0 saturated carbocycles. The molecule has 9 heteroatoms. The van der Waals surface area contributed by atoms with E-state index >= 15 is 0 Å². The lowest BCUT2D eigenvalue weighted by atomic mass is 10.2. The van der Waals surface area contributed by atoms with Gasteiger partial charge in [-0.25, -0.2) is 9.59 Å². The monoisotopic (exact) mass is 392 g/mol. The molecule has 0 atom stereocenters. The summed E-state index contributed by atoms with van der Waals surface area (Å²) in [4.78, 5) is 26.3. The maximum atomic E-state index is 12.1. The van der Waals surface area contributed by atoms with E-state index in [2.05, 4.69) is 10.2 Å². The predicted octanol–water partition coefficient (Wildman–Crippen LogP) is 1.67. The third-order valence-electron chi connectivity index (χ3n) is 4.34. The Balaban J connectivity index is 1.87. The van der Waals surface area contributed by atoms with Crippen LogP contribution in [0.1, 0.15) is 13.8 Å². The zero-order valence-corrected chi connectivity index (χ0v) is 16.4. The molecule has 0 bridgehead atoms. The molecule has 1 aromatic rings. The molecule has 2 aliphatic heterocycles. The predicted molar refractivity (Wildman–Crippen MR) is 101 cm³/mol. The molecule has 0 amide bonds. The van der Waals surface area contributed by atoms with Crippen LogP contribution in [0, 0.1) is 0 Å². The summed E-state index contributed by atoms with van der Waals surface area (Å²) in [7, 11) is 3.11. The quantitative estimate of drug-likeness (QED) is 0.456. The maximum Gasteiger partial charge on any atom is 0.350 e. The molecule has 0 aromatic heterocycles. The summed E-state index contributed by atoms with van der Waals surface area (Å²) in [5, 5.41) is 2.92. The lowest BCUT2D eigenvalue weighted by molar-refractivity contribution is -0.222. The number of rotatable bonds is 5. The number of morpholine rings is 1. The Morgan fingerprint density at radius 1 is 1.04 bits per heavy atom. The Hall–Kier alpha value is -2.94. The number of nitrogens with one attached hydrogen (secondary N) is 1. The number of carbonyl (C=O) groups excluding carboxylic acids is 2. The molecule has 1 N–H and O–H groups in total. The molecule has 2 saturated heterocycles. The van der Waals surface area contributed by atoms with Crippen LogP contribution in [0.25, 0.3) is 0 Å². The largest absolute Gasteiger partial charge is 0.494 e. The van der Waals surface area contributed by atoms with Crippen molar-refractivity contribution in [3.8, 4) is 11.5 Å². The second-order valence-corrected chi connectivity index (χ2v) is 6.70. The van der Waals surface area contributed by atoms with E-state index in [0.29, 0.717) is 30.4 Å². The van der Waals surface area contributed by atoms with Crippen molar-refractivity contribution in [3.63, 3.8) is 0 Å². The number of carbonyl (C=O) groups is 2. The smallest absolute Gasteiger partial charge is 0.350 e. The normalized spacial score (nSPS) is 18.9. The van der Waals surface area contributed by atoms with Crippen LogP contribution in [0.4, 0.5) is 11.4 Å². The van der Waals surface area contributed by atoms with Gasteiger partial charge in [-0.2, -0.15) is 0 Å². The zero-order chi connectivity index (χ0) is 20.3. The molecule has 0 radical (unpaired) electrons. The van der Waals surface area contributed by atoms with Crippen molar-refractivity contribution in [1.29, 1.82) is 0 Å². The fourth-order valence-electron chi connectivity index (χ4n) is 2.97. The standard InChI is InChI=1S/C19H24N2O7/c1-19(2)27-17(22)12(18(23)28-19)11-20-13-9-16(25-4)14(10-15(13)24-3)21-5-7-26-8-6-21/h9-11,20H,5-8H2,1-4H3. The molecule has 28 heavy (non-hydrogen) atoms. The van der Waals surface area contributed by atoms with Crippen molar-refractivity contribution in [2.24, 2.45) is 0 Å². The number of methoxy groups -OCH3 is 2. The van der Waals surface area contributed by atoms with E-state index in [-0.39, 0.29) is 5.57 Å². The van der Waals surface area contributed by atoms with E-state index in [1.165, 1.54) is 27.2 Å². The minimum atomic E-state index is -1.29. The van der Waals surface area contributed by atoms with Crippen molar-refractivity contribution in [1.82, 2.24) is 0 Å². The molecule has 9 nitrogen and oxygen atoms in total. The van der Waals surface area contributed by atoms with Gasteiger partial charge in [-0.15, -0.1) is 0 Å². The van der Waals surface area contributed by atoms with Crippen LogP contribution in [0.3, 0.4) is 0 Å². The van der Waals surface area contributed by atoms with E-state index < -0.39 is 17.7 Å². The highest BCUT2D eigenvalue weighted by Crippen LogP contribution is 2.39. The number of ether oxygens (including phenoxy) is 5. The molecule has 2 aliphatic rings. The fraction of sp³-hybridized carbons (Fsp3) is 0.474. The number of hydrogen-bond donors (Lipinski definition) is 1. The summed E-state index contributed by atoms with van der Waals surface area (Å²) in [6, 6.07) is 3.58. The summed E-state index contributed by atoms with van der Waals surface area (Å²) >= 11 is 0. The summed E-state index contributed by atoms with van der Waals surface area (Å²) in [5.41, 5.74) is 1.16. The number of nitrogens with zero attached hydrogens (tertiary/aromatic N) is 1. The summed E-state index contributed by atoms with van der Waals surface area (Å²) < 4.78 is 26.5. The minimum absolute atomic E-state index is 0.238. The lowest BCUT2D eigenvalue weighted by Crippen LogP contribution is -2.42. The van der Waals surface area contributed by atoms with E-state index in [1.807, 2.05) is 6.07 Å². The van der Waals surface area contributed by atoms with Gasteiger partial charge >= 0.3 is 11.9 Å². The summed E-state index contributed by atoms with van der Waals surface area (Å²) in [6.45, 7) is 5.74. The lowest BCUT2D eigenvalue weighted by Gasteiger charge is -2.31. The van der Waals surface area contributed by atoms with Crippen LogP contribution in [0.15, 0.2) is 23.9 Å². The maximum absolute atomic E-state index is 12.1. The van der Waals surface area contributed by atoms with E-state index in [4.69, 9.17) is 23.7 Å². The van der Waals surface area contributed by atoms with Crippen LogP contribution in [-0.2, 0) is 23.8 Å². The first-order valence-electron chi connectivity index (χ1n) is 8.86. The molecule has 0 spiro atoms. The number of hydrogen-bond acceptors (Lipinski definition) is 9. The van der Waals surface area contributed by atoms with Crippen molar-refractivity contribution >= 4 is 23.3 Å². The first-order chi connectivity index (χ1) is 13.3. The van der Waals surface area contributed by atoms with Gasteiger partial charge in [0.2, 0.25) is 0 Å². The second-order valence-electron chi connectivity index (χ2n) is 6.70. The average molecular weight is 392 g/mol. The number of anilines is 2. The van der Waals surface area contributed by atoms with E-state index in [1.54, 1.807) is 13.2 Å². The second kappa shape index (κ2) is 7.97. The van der Waals surface area contributed by atoms with E-state index in [9.17, 15) is 9.59 Å². The Kier molecular flexibility index (Phi) is 5.64. The summed E-state index contributed by atoms with van der Waals surface area (Å²) in [5.74, 6) is -1.66. The molecule has 152 valence electrons. The Morgan fingerprint density at radius 2 is 1.64 bits per heavy atom. The molecule has 1 aromatic carbocycles. The van der Waals surface area contributed by atoms with Gasteiger partial charge in [0.1, 0.15) is 11.5 Å². The van der Waals surface area contributed by atoms with Gasteiger partial charge in [-0.05, 0) is 0 Å². The average Bonchev–Trinajstić information content (AvgIpc) is 2.66. The van der Waals surface area contributed by atoms with Crippen molar-refractivity contribution in [2.45, 2.75) is 19.6 Å². The third-order valence-corrected chi connectivity index (χ3v) is 4.34. The van der Waals surface area contributed by atoms with Crippen LogP contribution in [0.2, 0.25) is 0 Å². The SMILES string of the molecule is COc1cc(N2CCOCC2)c(OC)cc1NC=C1C(=O)OC(C)(C)OC1=O. The van der Waals surface area contributed by atoms with Crippen LogP contribution in [-0.4, -0.2) is 58.2 Å². The molecule has 2 heterocycles. The van der Waals surface area contributed by atoms with Gasteiger partial charge in [0.05, 0.1) is 38.8 Å². The Bertz CT molecular complexity index is 776. The van der Waals surface area contributed by atoms with Crippen molar-refractivity contribution in [2.75, 3.05) is 50.7 Å². The fourth-order valence-corrected chi connectivity index (χ4v) is 2.97. The van der Waals surface area contributed by atoms with Crippen molar-refractivity contribution in [3.05, 3.63) is 23.9 Å². The van der Waals surface area contributed by atoms with Gasteiger partial charge in [0.15, 0.2) is 5.57 Å². The molecule has 3 rings (SSSR count). The van der Waals surface area contributed by atoms with Crippen LogP contribution in [0.5, 0.6) is 11.5 Å². The number of esters is 2. The van der Waals surface area contributed by atoms with Gasteiger partial charge < -0.3 is 33.9 Å². The highest BCUT2D eigenvalue weighted by Gasteiger charge is 2.39. The molecule has 2 fully saturated rings. The zero-order valence-electron chi connectivity index (χ0n) is 16.4. The molecular formula is C19H24N2O7. The topological polar surface area (TPSA) is 95.6 Å². The highest BCUT2D eigenvalue weighted by atomic mass is 16.7. The van der Waals surface area contributed by atoms with Crippen LogP contribution < -0.4 is 19.7 Å². The first-order valence-corrected chi connectivity index (χ1v) is 8.86. The van der Waals surface area contributed by atoms with Crippen molar-refractivity contribution < 1.29 is 33.3 Å². The number of benzene rings is 1. The minimum Gasteiger partial charge on any atom is -0.494 e. The Labute approximate surface area is 163 Å². The van der Waals surface area contributed by atoms with Crippen LogP contribution >= 0.6 is 0 Å². The molecule has 0 aliphatic carbocycles. The Morgan fingerprint density at radius 3 is 2.21 bits per heavy atom. The first kappa shape index (κ1) is 19.8.